The Balaban J connectivity index is 1.96. The van der Waals surface area contributed by atoms with Crippen molar-refractivity contribution in [2.75, 3.05) is 19.7 Å². The summed E-state index contributed by atoms with van der Waals surface area (Å²) in [5, 5.41) is 0. The summed E-state index contributed by atoms with van der Waals surface area (Å²) in [5.74, 6) is -0.0468. The molecule has 2 heterocycles. The summed E-state index contributed by atoms with van der Waals surface area (Å²) >= 11 is 4.86. The van der Waals surface area contributed by atoms with Gasteiger partial charge in [-0.3, -0.25) is 9.78 Å². The lowest BCUT2D eigenvalue weighted by atomic mass is 10.1. The Hall–Kier alpha value is -1.53. The van der Waals surface area contributed by atoms with Crippen LogP contribution in [-0.4, -0.2) is 46.6 Å². The second kappa shape index (κ2) is 6.76. The zero-order valence-electron chi connectivity index (χ0n) is 11.5. The summed E-state index contributed by atoms with van der Waals surface area (Å²) in [7, 11) is 0. The lowest BCUT2D eigenvalue weighted by Gasteiger charge is -2.31. The maximum absolute atomic E-state index is 12.3. The molecule has 2 N–H and O–H groups in total. The molecule has 5 nitrogen and oxygen atoms in total. The first-order valence-electron chi connectivity index (χ1n) is 6.78. The van der Waals surface area contributed by atoms with Crippen LogP contribution < -0.4 is 5.73 Å². The summed E-state index contributed by atoms with van der Waals surface area (Å²) in [4.78, 5) is 18.5. The van der Waals surface area contributed by atoms with Gasteiger partial charge >= 0.3 is 0 Å². The minimum absolute atomic E-state index is 0.0468. The molecule has 1 fully saturated rings. The first-order valence-corrected chi connectivity index (χ1v) is 7.19. The number of rotatable bonds is 4. The van der Waals surface area contributed by atoms with Gasteiger partial charge in [0, 0.05) is 31.5 Å². The fraction of sp³-hybridized carbons (Fsp3) is 0.500. The van der Waals surface area contributed by atoms with Gasteiger partial charge in [0.15, 0.2) is 0 Å². The maximum Gasteiger partial charge on any atom is 0.272 e. The van der Waals surface area contributed by atoms with Crippen LogP contribution in [0.1, 0.15) is 35.8 Å². The number of carbonyl (C=O) groups is 1. The monoisotopic (exact) mass is 293 g/mol. The average molecular weight is 293 g/mol. The number of nitrogens with two attached hydrogens (primary N) is 1. The zero-order chi connectivity index (χ0) is 14.5. The Labute approximate surface area is 124 Å². The molecule has 0 bridgehead atoms. The highest BCUT2D eigenvalue weighted by molar-refractivity contribution is 7.80. The molecule has 0 saturated carbocycles. The van der Waals surface area contributed by atoms with Gasteiger partial charge in [0.1, 0.15) is 10.7 Å². The van der Waals surface area contributed by atoms with Gasteiger partial charge in [0.25, 0.3) is 5.91 Å². The highest BCUT2D eigenvalue weighted by Crippen LogP contribution is 2.15. The average Bonchev–Trinajstić information content (AvgIpc) is 2.48. The fourth-order valence-corrected chi connectivity index (χ4v) is 2.41. The number of ether oxygens (including phenoxy) is 1. The van der Waals surface area contributed by atoms with Crippen LogP contribution >= 0.6 is 12.2 Å². The van der Waals surface area contributed by atoms with Crippen molar-refractivity contribution in [1.29, 1.82) is 0 Å². The van der Waals surface area contributed by atoms with Crippen molar-refractivity contribution < 1.29 is 9.53 Å². The van der Waals surface area contributed by atoms with Gasteiger partial charge in [-0.05, 0) is 31.9 Å². The van der Waals surface area contributed by atoms with Crippen molar-refractivity contribution in [3.05, 3.63) is 29.6 Å². The summed E-state index contributed by atoms with van der Waals surface area (Å²) in [6.45, 7) is 4.13. The van der Waals surface area contributed by atoms with Gasteiger partial charge in [-0.15, -0.1) is 0 Å². The molecule has 1 saturated heterocycles. The predicted molar refractivity (Wildman–Crippen MR) is 80.7 cm³/mol. The number of carbonyl (C=O) groups excluding carboxylic acids is 1. The Morgan fingerprint density at radius 1 is 1.50 bits per heavy atom. The number of piperidine rings is 1. The molecule has 20 heavy (non-hydrogen) atoms. The van der Waals surface area contributed by atoms with E-state index < -0.39 is 0 Å². The number of hydrogen-bond donors (Lipinski definition) is 1. The second-order valence-electron chi connectivity index (χ2n) is 4.74. The molecule has 0 spiro atoms. The van der Waals surface area contributed by atoms with Crippen molar-refractivity contribution in [3.63, 3.8) is 0 Å². The zero-order valence-corrected chi connectivity index (χ0v) is 12.4. The SMILES string of the molecule is CCOC1CCN(C(=O)c2ccc(C(N)=S)cn2)CC1. The highest BCUT2D eigenvalue weighted by Gasteiger charge is 2.24. The molecule has 1 amide bonds. The molecular weight excluding hydrogens is 274 g/mol. The molecule has 6 heteroatoms. The van der Waals surface area contributed by atoms with E-state index >= 15 is 0 Å². The number of thiocarbonyl (C=S) groups is 1. The van der Waals surface area contributed by atoms with Crippen LogP contribution in [0, 0.1) is 0 Å². The van der Waals surface area contributed by atoms with Gasteiger partial charge in [-0.25, -0.2) is 0 Å². The van der Waals surface area contributed by atoms with Crippen LogP contribution in [0.25, 0.3) is 0 Å². The smallest absolute Gasteiger partial charge is 0.272 e. The molecule has 0 radical (unpaired) electrons. The van der Waals surface area contributed by atoms with E-state index in [0.29, 0.717) is 24.3 Å². The Bertz CT molecular complexity index is 482. The van der Waals surface area contributed by atoms with Gasteiger partial charge in [-0.1, -0.05) is 12.2 Å². The third-order valence-electron chi connectivity index (χ3n) is 3.40. The number of likely N-dealkylation sites (tertiary alicyclic amines) is 1. The van der Waals surface area contributed by atoms with Crippen LogP contribution in [-0.2, 0) is 4.74 Å². The molecule has 1 aromatic heterocycles. The van der Waals surface area contributed by atoms with E-state index in [1.54, 1.807) is 18.3 Å². The standard InChI is InChI=1S/C14H19N3O2S/c1-2-19-11-5-7-17(8-6-11)14(18)12-4-3-10(9-16-12)13(15)20/h3-4,9,11H,2,5-8H2,1H3,(H2,15,20). The summed E-state index contributed by atoms with van der Waals surface area (Å²) in [6, 6.07) is 3.40. The summed E-state index contributed by atoms with van der Waals surface area (Å²) in [5.41, 5.74) is 6.61. The lowest BCUT2D eigenvalue weighted by Crippen LogP contribution is -2.41. The van der Waals surface area contributed by atoms with Gasteiger partial charge in [0.2, 0.25) is 0 Å². The Morgan fingerprint density at radius 2 is 2.20 bits per heavy atom. The summed E-state index contributed by atoms with van der Waals surface area (Å²) in [6.07, 6.45) is 3.58. The predicted octanol–water partition coefficient (Wildman–Crippen LogP) is 1.36. The van der Waals surface area contributed by atoms with Crippen molar-refractivity contribution >= 4 is 23.1 Å². The van der Waals surface area contributed by atoms with Crippen molar-refractivity contribution in [1.82, 2.24) is 9.88 Å². The number of amides is 1. The third kappa shape index (κ3) is 3.52. The number of aromatic nitrogens is 1. The van der Waals surface area contributed by atoms with E-state index in [9.17, 15) is 4.79 Å². The van der Waals surface area contributed by atoms with Gasteiger partial charge in [0.05, 0.1) is 6.10 Å². The van der Waals surface area contributed by atoms with E-state index in [1.807, 2.05) is 11.8 Å². The van der Waals surface area contributed by atoms with Gasteiger partial charge < -0.3 is 15.4 Å². The normalized spacial score (nSPS) is 16.1. The largest absolute Gasteiger partial charge is 0.389 e. The van der Waals surface area contributed by atoms with Crippen LogP contribution in [0.2, 0.25) is 0 Å². The minimum Gasteiger partial charge on any atom is -0.389 e. The molecule has 0 atom stereocenters. The first-order chi connectivity index (χ1) is 9.61. The summed E-state index contributed by atoms with van der Waals surface area (Å²) < 4.78 is 5.58. The minimum atomic E-state index is -0.0468. The molecule has 108 valence electrons. The van der Waals surface area contributed by atoms with E-state index in [2.05, 4.69) is 4.98 Å². The maximum atomic E-state index is 12.3. The van der Waals surface area contributed by atoms with Crippen LogP contribution in [0.5, 0.6) is 0 Å². The quantitative estimate of drug-likeness (QED) is 0.849. The highest BCUT2D eigenvalue weighted by atomic mass is 32.1. The number of hydrogen-bond acceptors (Lipinski definition) is 4. The number of pyridine rings is 1. The Kier molecular flexibility index (Phi) is 5.03. The molecule has 2 rings (SSSR count). The second-order valence-corrected chi connectivity index (χ2v) is 5.18. The first kappa shape index (κ1) is 14.9. The van der Waals surface area contributed by atoms with Crippen molar-refractivity contribution in [2.24, 2.45) is 5.73 Å². The number of nitrogens with zero attached hydrogens (tertiary/aromatic N) is 2. The molecule has 0 unspecified atom stereocenters. The molecular formula is C14H19N3O2S. The van der Waals surface area contributed by atoms with Gasteiger partial charge in [-0.2, -0.15) is 0 Å². The fourth-order valence-electron chi connectivity index (χ4n) is 2.29. The third-order valence-corrected chi connectivity index (χ3v) is 3.63. The molecule has 1 aliphatic heterocycles. The van der Waals surface area contributed by atoms with E-state index in [4.69, 9.17) is 22.7 Å². The van der Waals surface area contributed by atoms with E-state index in [0.717, 1.165) is 19.4 Å². The van der Waals surface area contributed by atoms with Crippen LogP contribution in [0.15, 0.2) is 18.3 Å². The van der Waals surface area contributed by atoms with Crippen molar-refractivity contribution in [2.45, 2.75) is 25.9 Å². The topological polar surface area (TPSA) is 68.5 Å². The van der Waals surface area contributed by atoms with Crippen molar-refractivity contribution in [3.8, 4) is 0 Å². The molecule has 0 aliphatic carbocycles. The van der Waals surface area contributed by atoms with Crippen LogP contribution in [0.3, 0.4) is 0 Å². The molecule has 1 aliphatic rings. The van der Waals surface area contributed by atoms with E-state index in [1.165, 1.54) is 0 Å². The van der Waals surface area contributed by atoms with E-state index in [-0.39, 0.29) is 17.0 Å². The Morgan fingerprint density at radius 3 is 2.70 bits per heavy atom. The van der Waals surface area contributed by atoms with Crippen LogP contribution in [0.4, 0.5) is 0 Å². The molecule has 0 aromatic carbocycles. The lowest BCUT2D eigenvalue weighted by molar-refractivity contribution is 0.0144. The molecule has 1 aromatic rings.